The fourth-order valence-corrected chi connectivity index (χ4v) is 2.60. The van der Waals surface area contributed by atoms with Crippen molar-refractivity contribution in [2.75, 3.05) is 6.54 Å². The van der Waals surface area contributed by atoms with Gasteiger partial charge in [0.15, 0.2) is 5.03 Å². The second-order valence-electron chi connectivity index (χ2n) is 5.40. The molecule has 0 saturated carbocycles. The van der Waals surface area contributed by atoms with Crippen molar-refractivity contribution in [2.45, 2.75) is 39.3 Å². The van der Waals surface area contributed by atoms with Gasteiger partial charge in [-0.3, -0.25) is 5.10 Å². The van der Waals surface area contributed by atoms with E-state index in [2.05, 4.69) is 28.8 Å². The average Bonchev–Trinajstić information content (AvgIpc) is 2.75. The van der Waals surface area contributed by atoms with Gasteiger partial charge in [0.2, 0.25) is 0 Å². The van der Waals surface area contributed by atoms with E-state index in [1.165, 1.54) is 6.20 Å². The topological polar surface area (TPSA) is 101 Å². The van der Waals surface area contributed by atoms with Crippen LogP contribution in [0, 0.1) is 11.3 Å². The molecule has 0 aliphatic heterocycles. The first kappa shape index (κ1) is 15.1. The molecule has 0 atom stereocenters. The lowest BCUT2D eigenvalue weighted by Gasteiger charge is -2.29. The minimum atomic E-state index is -3.57. The number of hydrogen-bond acceptors (Lipinski definition) is 4. The van der Waals surface area contributed by atoms with E-state index in [4.69, 9.17) is 5.73 Å². The zero-order valence-corrected chi connectivity index (χ0v) is 12.1. The molecule has 0 unspecified atom stereocenters. The van der Waals surface area contributed by atoms with Crippen molar-refractivity contribution in [1.29, 1.82) is 0 Å². The van der Waals surface area contributed by atoms with Gasteiger partial charge in [-0.25, -0.2) is 13.1 Å². The Morgan fingerprint density at radius 3 is 2.61 bits per heavy atom. The van der Waals surface area contributed by atoms with Gasteiger partial charge < -0.3 is 5.73 Å². The number of hydrogen-bond donors (Lipinski definition) is 3. The lowest BCUT2D eigenvalue weighted by Crippen LogP contribution is -2.37. The number of aromatic amines is 1. The van der Waals surface area contributed by atoms with Gasteiger partial charge in [-0.05, 0) is 11.3 Å². The van der Waals surface area contributed by atoms with E-state index in [0.29, 0.717) is 18.0 Å². The normalized spacial score (nSPS) is 13.2. The highest BCUT2D eigenvalue weighted by Gasteiger charge is 2.27. The van der Waals surface area contributed by atoms with Gasteiger partial charge in [0.25, 0.3) is 10.0 Å². The Morgan fingerprint density at radius 2 is 2.11 bits per heavy atom. The molecule has 1 heterocycles. The molecule has 0 amide bonds. The molecule has 1 aromatic heterocycles. The molecule has 104 valence electrons. The molecule has 0 fully saturated rings. The smallest absolute Gasteiger partial charge is 0.257 e. The summed E-state index contributed by atoms with van der Waals surface area (Å²) in [5.41, 5.74) is 5.85. The maximum atomic E-state index is 12.1. The Hall–Kier alpha value is -0.920. The van der Waals surface area contributed by atoms with Crippen LogP contribution in [-0.4, -0.2) is 25.2 Å². The molecule has 0 aliphatic rings. The van der Waals surface area contributed by atoms with Crippen molar-refractivity contribution in [2.24, 2.45) is 17.1 Å². The maximum Gasteiger partial charge on any atom is 0.257 e. The lowest BCUT2D eigenvalue weighted by molar-refractivity contribution is 0.252. The number of nitrogens with zero attached hydrogens (tertiary/aromatic N) is 1. The SMILES string of the molecule is CC(C)C(C)(C)CNS(=O)(=O)c1[nH]ncc1CN. The van der Waals surface area contributed by atoms with Gasteiger partial charge in [-0.2, -0.15) is 5.10 Å². The number of nitrogens with one attached hydrogen (secondary N) is 2. The van der Waals surface area contributed by atoms with Crippen LogP contribution in [0.1, 0.15) is 33.3 Å². The summed E-state index contributed by atoms with van der Waals surface area (Å²) in [7, 11) is -3.57. The monoisotopic (exact) mass is 274 g/mol. The molecule has 18 heavy (non-hydrogen) atoms. The Balaban J connectivity index is 2.84. The van der Waals surface area contributed by atoms with Crippen molar-refractivity contribution in [1.82, 2.24) is 14.9 Å². The summed E-state index contributed by atoms with van der Waals surface area (Å²) in [5, 5.41) is 6.26. The fourth-order valence-electron chi connectivity index (χ4n) is 1.23. The minimum absolute atomic E-state index is 0.0598. The summed E-state index contributed by atoms with van der Waals surface area (Å²) in [4.78, 5) is 0. The summed E-state index contributed by atoms with van der Waals surface area (Å²) >= 11 is 0. The minimum Gasteiger partial charge on any atom is -0.326 e. The van der Waals surface area contributed by atoms with Crippen LogP contribution in [0.25, 0.3) is 0 Å². The number of H-pyrrole nitrogens is 1. The van der Waals surface area contributed by atoms with Crippen LogP contribution in [0.2, 0.25) is 0 Å². The molecule has 0 radical (unpaired) electrons. The van der Waals surface area contributed by atoms with Gasteiger partial charge in [0, 0.05) is 18.7 Å². The molecular formula is C11H22N4O2S. The third-order valence-corrected chi connectivity index (χ3v) is 4.86. The van der Waals surface area contributed by atoms with E-state index in [1.54, 1.807) is 0 Å². The summed E-state index contributed by atoms with van der Waals surface area (Å²) in [6.07, 6.45) is 1.43. The highest BCUT2D eigenvalue weighted by Crippen LogP contribution is 2.25. The molecule has 0 saturated heterocycles. The number of sulfonamides is 1. The lowest BCUT2D eigenvalue weighted by atomic mass is 9.81. The molecular weight excluding hydrogens is 252 g/mol. The standard InChI is InChI=1S/C11H22N4O2S/c1-8(2)11(3,4)7-14-18(16,17)10-9(5-12)6-13-15-10/h6,8,14H,5,7,12H2,1-4H3,(H,13,15). The molecule has 7 heteroatoms. The van der Waals surface area contributed by atoms with Crippen molar-refractivity contribution >= 4 is 10.0 Å². The first-order valence-electron chi connectivity index (χ1n) is 5.92. The van der Waals surface area contributed by atoms with Gasteiger partial charge in [-0.1, -0.05) is 27.7 Å². The summed E-state index contributed by atoms with van der Waals surface area (Å²) in [6, 6.07) is 0. The van der Waals surface area contributed by atoms with Crippen LogP contribution < -0.4 is 10.5 Å². The molecule has 0 aromatic carbocycles. The molecule has 4 N–H and O–H groups in total. The fraction of sp³-hybridized carbons (Fsp3) is 0.727. The Morgan fingerprint density at radius 1 is 1.50 bits per heavy atom. The van der Waals surface area contributed by atoms with E-state index in [-0.39, 0.29) is 17.0 Å². The number of rotatable bonds is 6. The molecule has 1 aromatic rings. The third-order valence-electron chi connectivity index (χ3n) is 3.45. The van der Waals surface area contributed by atoms with Gasteiger partial charge >= 0.3 is 0 Å². The average molecular weight is 274 g/mol. The summed E-state index contributed by atoms with van der Waals surface area (Å²) in [6.45, 7) is 8.69. The summed E-state index contributed by atoms with van der Waals surface area (Å²) < 4.78 is 26.8. The van der Waals surface area contributed by atoms with E-state index >= 15 is 0 Å². The third kappa shape index (κ3) is 3.30. The largest absolute Gasteiger partial charge is 0.326 e. The maximum absolute atomic E-state index is 12.1. The summed E-state index contributed by atoms with van der Waals surface area (Å²) in [5.74, 6) is 0.371. The Labute approximate surface area is 108 Å². The van der Waals surface area contributed by atoms with Crippen molar-refractivity contribution in [3.05, 3.63) is 11.8 Å². The van der Waals surface area contributed by atoms with Gasteiger partial charge in [-0.15, -0.1) is 0 Å². The second kappa shape index (κ2) is 5.38. The second-order valence-corrected chi connectivity index (χ2v) is 7.10. The van der Waals surface area contributed by atoms with Crippen LogP contribution in [-0.2, 0) is 16.6 Å². The molecule has 1 rings (SSSR count). The predicted molar refractivity (Wildman–Crippen MR) is 70.3 cm³/mol. The van der Waals surface area contributed by atoms with E-state index < -0.39 is 10.0 Å². The van der Waals surface area contributed by atoms with Crippen molar-refractivity contribution in [3.8, 4) is 0 Å². The molecule has 6 nitrogen and oxygen atoms in total. The van der Waals surface area contributed by atoms with E-state index in [0.717, 1.165) is 0 Å². The van der Waals surface area contributed by atoms with Crippen LogP contribution in [0.5, 0.6) is 0 Å². The number of aromatic nitrogens is 2. The van der Waals surface area contributed by atoms with Gasteiger partial charge in [0.1, 0.15) is 0 Å². The number of nitrogens with two attached hydrogens (primary N) is 1. The van der Waals surface area contributed by atoms with Crippen molar-refractivity contribution < 1.29 is 8.42 Å². The first-order valence-corrected chi connectivity index (χ1v) is 7.41. The Bertz CT molecular complexity index is 491. The predicted octanol–water partition coefficient (Wildman–Crippen LogP) is 0.829. The van der Waals surface area contributed by atoms with Crippen LogP contribution >= 0.6 is 0 Å². The van der Waals surface area contributed by atoms with Crippen molar-refractivity contribution in [3.63, 3.8) is 0 Å². The van der Waals surface area contributed by atoms with Gasteiger partial charge in [0.05, 0.1) is 6.20 Å². The quantitative estimate of drug-likeness (QED) is 0.715. The van der Waals surface area contributed by atoms with Crippen LogP contribution in [0.4, 0.5) is 0 Å². The van der Waals surface area contributed by atoms with E-state index in [1.807, 2.05) is 13.8 Å². The highest BCUT2D eigenvalue weighted by atomic mass is 32.2. The van der Waals surface area contributed by atoms with Crippen LogP contribution in [0.15, 0.2) is 11.2 Å². The highest BCUT2D eigenvalue weighted by molar-refractivity contribution is 7.89. The van der Waals surface area contributed by atoms with Crippen LogP contribution in [0.3, 0.4) is 0 Å². The molecule has 0 spiro atoms. The Kier molecular flexibility index (Phi) is 4.52. The zero-order chi connectivity index (χ0) is 14.0. The van der Waals surface area contributed by atoms with E-state index in [9.17, 15) is 8.42 Å². The molecule has 0 bridgehead atoms. The zero-order valence-electron chi connectivity index (χ0n) is 11.3. The molecule has 0 aliphatic carbocycles. The first-order chi connectivity index (χ1) is 8.20.